The van der Waals surface area contributed by atoms with Gasteiger partial charge in [0.15, 0.2) is 0 Å². The second kappa shape index (κ2) is 9.26. The summed E-state index contributed by atoms with van der Waals surface area (Å²) in [5.74, 6) is 0.546. The van der Waals surface area contributed by atoms with Crippen LogP contribution in [0.3, 0.4) is 0 Å². The summed E-state index contributed by atoms with van der Waals surface area (Å²) in [5.41, 5.74) is 4.38. The molecule has 1 aliphatic heterocycles. The molecule has 2 aromatic carbocycles. The summed E-state index contributed by atoms with van der Waals surface area (Å²) in [4.78, 5) is 29.8. The number of piperazine rings is 1. The van der Waals surface area contributed by atoms with Crippen molar-refractivity contribution in [2.45, 2.75) is 39.3 Å². The zero-order valence-corrected chi connectivity index (χ0v) is 21.0. The lowest BCUT2D eigenvalue weighted by molar-refractivity contribution is 0.121. The van der Waals surface area contributed by atoms with Gasteiger partial charge in [-0.05, 0) is 57.0 Å². The number of aromatic amines is 1. The fourth-order valence-corrected chi connectivity index (χ4v) is 4.90. The SMILES string of the molecule is Cc1ccc(-c2cc3c(N4CCN(C(=O)N[C@@H](C)c5cccc(F)c5)C(C)(C)C4)ncnc3[nH]2)cc1. The number of nitrogens with one attached hydrogen (secondary N) is 2. The maximum Gasteiger partial charge on any atom is 0.318 e. The molecule has 0 aliphatic carbocycles. The smallest absolute Gasteiger partial charge is 0.318 e. The number of benzene rings is 2. The van der Waals surface area contributed by atoms with Crippen LogP contribution in [-0.4, -0.2) is 51.1 Å². The summed E-state index contributed by atoms with van der Waals surface area (Å²) >= 11 is 0. The fourth-order valence-electron chi connectivity index (χ4n) is 4.90. The van der Waals surface area contributed by atoms with Crippen LogP contribution >= 0.6 is 0 Å². The van der Waals surface area contributed by atoms with Crippen LogP contribution in [0.4, 0.5) is 15.0 Å². The number of rotatable bonds is 4. The number of anilines is 1. The topological polar surface area (TPSA) is 77.2 Å². The summed E-state index contributed by atoms with van der Waals surface area (Å²) in [7, 11) is 0. The van der Waals surface area contributed by atoms with Gasteiger partial charge < -0.3 is 20.1 Å². The van der Waals surface area contributed by atoms with Gasteiger partial charge >= 0.3 is 6.03 Å². The van der Waals surface area contributed by atoms with Crippen molar-refractivity contribution in [1.29, 1.82) is 0 Å². The van der Waals surface area contributed by atoms with Gasteiger partial charge in [-0.2, -0.15) is 0 Å². The molecule has 1 atom stereocenters. The molecular formula is C28H31FN6O. The number of amides is 2. The quantitative estimate of drug-likeness (QED) is 0.403. The number of hydrogen-bond acceptors (Lipinski definition) is 4. The van der Waals surface area contributed by atoms with Crippen molar-refractivity contribution in [1.82, 2.24) is 25.2 Å². The van der Waals surface area contributed by atoms with Crippen molar-refractivity contribution in [2.24, 2.45) is 0 Å². The first-order valence-electron chi connectivity index (χ1n) is 12.2. The van der Waals surface area contributed by atoms with Gasteiger partial charge in [-0.15, -0.1) is 0 Å². The molecule has 8 heteroatoms. The first-order valence-corrected chi connectivity index (χ1v) is 12.2. The Kier molecular flexibility index (Phi) is 6.12. The number of nitrogens with zero attached hydrogens (tertiary/aromatic N) is 4. The van der Waals surface area contributed by atoms with Gasteiger partial charge in [0, 0.05) is 25.3 Å². The summed E-state index contributed by atoms with van der Waals surface area (Å²) < 4.78 is 13.6. The third-order valence-electron chi connectivity index (χ3n) is 6.90. The first kappa shape index (κ1) is 23.8. The van der Waals surface area contributed by atoms with Crippen molar-refractivity contribution in [3.05, 3.63) is 77.9 Å². The number of aryl methyl sites for hydroxylation is 1. The number of fused-ring (bicyclic) bond motifs is 1. The minimum Gasteiger partial charge on any atom is -0.352 e. The lowest BCUT2D eigenvalue weighted by Crippen LogP contribution is -2.63. The molecule has 2 N–H and O–H groups in total. The van der Waals surface area contributed by atoms with Gasteiger partial charge in [0.2, 0.25) is 0 Å². The number of carbonyl (C=O) groups is 1. The van der Waals surface area contributed by atoms with Crippen LogP contribution in [0.1, 0.15) is 37.9 Å². The van der Waals surface area contributed by atoms with E-state index in [1.165, 1.54) is 17.7 Å². The Labute approximate surface area is 210 Å². The van der Waals surface area contributed by atoms with Crippen LogP contribution in [0.25, 0.3) is 22.3 Å². The normalized spacial score (nSPS) is 16.2. The molecule has 0 saturated carbocycles. The second-order valence-corrected chi connectivity index (χ2v) is 10.1. The molecule has 2 aromatic heterocycles. The number of hydrogen-bond donors (Lipinski definition) is 2. The monoisotopic (exact) mass is 486 g/mol. The molecule has 0 unspecified atom stereocenters. The van der Waals surface area contributed by atoms with E-state index >= 15 is 0 Å². The van der Waals surface area contributed by atoms with Crippen molar-refractivity contribution in [3.8, 4) is 11.3 Å². The van der Waals surface area contributed by atoms with E-state index in [4.69, 9.17) is 0 Å². The van der Waals surface area contributed by atoms with Crippen LogP contribution in [0, 0.1) is 12.7 Å². The Morgan fingerprint density at radius 1 is 1.11 bits per heavy atom. The van der Waals surface area contributed by atoms with Gasteiger partial charge in [-0.1, -0.05) is 42.0 Å². The van der Waals surface area contributed by atoms with Crippen LogP contribution < -0.4 is 10.2 Å². The number of H-pyrrole nitrogens is 1. The van der Waals surface area contributed by atoms with Crippen molar-refractivity contribution in [2.75, 3.05) is 24.5 Å². The molecule has 36 heavy (non-hydrogen) atoms. The van der Waals surface area contributed by atoms with Gasteiger partial charge in [-0.25, -0.2) is 19.2 Å². The molecule has 7 nitrogen and oxygen atoms in total. The molecule has 1 fully saturated rings. The second-order valence-electron chi connectivity index (χ2n) is 10.1. The predicted molar refractivity (Wildman–Crippen MR) is 140 cm³/mol. The highest BCUT2D eigenvalue weighted by atomic mass is 19.1. The zero-order chi connectivity index (χ0) is 25.4. The van der Waals surface area contributed by atoms with E-state index in [1.54, 1.807) is 12.4 Å². The first-order chi connectivity index (χ1) is 17.2. The Hall–Kier alpha value is -3.94. The van der Waals surface area contributed by atoms with Gasteiger partial charge in [0.25, 0.3) is 0 Å². The Balaban J connectivity index is 1.34. The Bertz CT molecular complexity index is 1400. The third kappa shape index (κ3) is 4.63. The molecule has 3 heterocycles. The number of halogens is 1. The third-order valence-corrected chi connectivity index (χ3v) is 6.90. The molecule has 2 amide bonds. The van der Waals surface area contributed by atoms with E-state index in [2.05, 4.69) is 76.3 Å². The molecule has 4 aromatic rings. The highest BCUT2D eigenvalue weighted by Crippen LogP contribution is 2.32. The maximum absolute atomic E-state index is 13.6. The molecule has 0 spiro atoms. The van der Waals surface area contributed by atoms with E-state index < -0.39 is 5.54 Å². The van der Waals surface area contributed by atoms with Crippen LogP contribution in [0.15, 0.2) is 60.9 Å². The van der Waals surface area contributed by atoms with E-state index in [0.29, 0.717) is 19.6 Å². The average Bonchev–Trinajstić information content (AvgIpc) is 3.28. The highest BCUT2D eigenvalue weighted by Gasteiger charge is 2.38. The minimum atomic E-state index is -0.447. The minimum absolute atomic E-state index is 0.160. The number of aromatic nitrogens is 3. The molecule has 0 bridgehead atoms. The summed E-state index contributed by atoms with van der Waals surface area (Å²) in [6.07, 6.45) is 1.58. The van der Waals surface area contributed by atoms with Gasteiger partial charge in [-0.3, -0.25) is 0 Å². The standard InChI is InChI=1S/C28H31FN6O/c1-18-8-10-20(11-9-18)24-15-23-25(33-24)30-17-31-26(23)34-12-13-35(28(3,4)16-34)27(36)32-19(2)21-6-5-7-22(29)14-21/h5-11,14-15,17,19H,12-13,16H2,1-4H3,(H,32,36)(H,30,31,33)/t19-/m0/s1. The Morgan fingerprint density at radius 2 is 1.89 bits per heavy atom. The predicted octanol–water partition coefficient (Wildman–Crippen LogP) is 5.44. The fraction of sp³-hybridized carbons (Fsp3) is 0.321. The summed E-state index contributed by atoms with van der Waals surface area (Å²) in [6, 6.07) is 16.3. The van der Waals surface area contributed by atoms with E-state index in [9.17, 15) is 9.18 Å². The molecular weight excluding hydrogens is 455 g/mol. The van der Waals surface area contributed by atoms with E-state index in [1.807, 2.05) is 17.9 Å². The van der Waals surface area contributed by atoms with Crippen LogP contribution in [0.2, 0.25) is 0 Å². The summed E-state index contributed by atoms with van der Waals surface area (Å²) in [6.45, 7) is 9.84. The van der Waals surface area contributed by atoms with Gasteiger partial charge in [0.1, 0.15) is 23.6 Å². The van der Waals surface area contributed by atoms with Crippen molar-refractivity contribution >= 4 is 22.9 Å². The maximum atomic E-state index is 13.6. The highest BCUT2D eigenvalue weighted by molar-refractivity contribution is 5.92. The van der Waals surface area contributed by atoms with Crippen LogP contribution in [-0.2, 0) is 0 Å². The molecule has 5 rings (SSSR count). The van der Waals surface area contributed by atoms with Gasteiger partial charge in [0.05, 0.1) is 17.0 Å². The largest absolute Gasteiger partial charge is 0.352 e. The molecule has 0 radical (unpaired) electrons. The lowest BCUT2D eigenvalue weighted by Gasteiger charge is -2.47. The van der Waals surface area contributed by atoms with Crippen molar-refractivity contribution < 1.29 is 9.18 Å². The van der Waals surface area contributed by atoms with E-state index in [-0.39, 0.29) is 17.9 Å². The van der Waals surface area contributed by atoms with E-state index in [0.717, 1.165) is 33.7 Å². The zero-order valence-electron chi connectivity index (χ0n) is 21.0. The number of urea groups is 1. The number of carbonyl (C=O) groups excluding carboxylic acids is 1. The molecule has 1 saturated heterocycles. The van der Waals surface area contributed by atoms with Crippen LogP contribution in [0.5, 0.6) is 0 Å². The average molecular weight is 487 g/mol. The summed E-state index contributed by atoms with van der Waals surface area (Å²) in [5, 5.41) is 3.99. The van der Waals surface area contributed by atoms with Crippen molar-refractivity contribution in [3.63, 3.8) is 0 Å². The lowest BCUT2D eigenvalue weighted by atomic mass is 9.98. The Morgan fingerprint density at radius 3 is 2.61 bits per heavy atom. The molecule has 186 valence electrons. The molecule has 1 aliphatic rings.